The summed E-state index contributed by atoms with van der Waals surface area (Å²) in [6, 6.07) is 0. The van der Waals surface area contributed by atoms with Gasteiger partial charge in [0.1, 0.15) is 0 Å². The van der Waals surface area contributed by atoms with E-state index in [0.717, 1.165) is 24.7 Å². The Morgan fingerprint density at radius 3 is 2.50 bits per heavy atom. The highest BCUT2D eigenvalue weighted by atomic mass is 16.3. The molecule has 0 heterocycles. The zero-order chi connectivity index (χ0) is 10.6. The molecule has 0 aliphatic heterocycles. The first-order chi connectivity index (χ1) is 6.63. The summed E-state index contributed by atoms with van der Waals surface area (Å²) in [5.41, 5.74) is 0. The summed E-state index contributed by atoms with van der Waals surface area (Å²) in [5, 5.41) is 9.90. The van der Waals surface area contributed by atoms with Gasteiger partial charge in [-0.1, -0.05) is 40.0 Å². The molecule has 0 aromatic heterocycles. The molecular formula is C13H26O. The summed E-state index contributed by atoms with van der Waals surface area (Å²) in [6.07, 6.45) is 7.46. The smallest absolute Gasteiger partial charge is 0.0570 e. The summed E-state index contributed by atoms with van der Waals surface area (Å²) < 4.78 is 0. The van der Waals surface area contributed by atoms with Crippen LogP contribution in [0.4, 0.5) is 0 Å². The van der Waals surface area contributed by atoms with Crippen molar-refractivity contribution in [2.24, 2.45) is 17.8 Å². The van der Waals surface area contributed by atoms with Crippen LogP contribution in [0.2, 0.25) is 0 Å². The van der Waals surface area contributed by atoms with Gasteiger partial charge in [-0.15, -0.1) is 0 Å². The number of hydrogen-bond donors (Lipinski definition) is 1. The molecule has 3 atom stereocenters. The van der Waals surface area contributed by atoms with E-state index in [4.69, 9.17) is 0 Å². The minimum absolute atomic E-state index is 0.00841. The maximum absolute atomic E-state index is 9.90. The van der Waals surface area contributed by atoms with Gasteiger partial charge in [0.05, 0.1) is 6.10 Å². The van der Waals surface area contributed by atoms with Crippen molar-refractivity contribution in [2.75, 3.05) is 0 Å². The summed E-state index contributed by atoms with van der Waals surface area (Å²) in [4.78, 5) is 0. The molecule has 0 amide bonds. The van der Waals surface area contributed by atoms with Crippen LogP contribution in [0, 0.1) is 17.8 Å². The molecule has 1 heteroatoms. The van der Waals surface area contributed by atoms with Crippen LogP contribution in [0.15, 0.2) is 0 Å². The van der Waals surface area contributed by atoms with Crippen molar-refractivity contribution < 1.29 is 5.11 Å². The van der Waals surface area contributed by atoms with Crippen LogP contribution in [-0.4, -0.2) is 11.2 Å². The molecule has 84 valence electrons. The SMILES string of the molecule is CCC1CCC(CCC(C)C)CC1O. The third kappa shape index (κ3) is 3.61. The van der Waals surface area contributed by atoms with Gasteiger partial charge in [-0.05, 0) is 37.0 Å². The number of aliphatic hydroxyl groups is 1. The quantitative estimate of drug-likeness (QED) is 0.731. The zero-order valence-electron chi connectivity index (χ0n) is 10.00. The molecule has 3 unspecified atom stereocenters. The van der Waals surface area contributed by atoms with Gasteiger partial charge in [-0.2, -0.15) is 0 Å². The average molecular weight is 198 g/mol. The standard InChI is InChI=1S/C13H26O/c1-4-12-8-7-11(9-13(12)14)6-5-10(2)3/h10-14H,4-9H2,1-3H3. The monoisotopic (exact) mass is 198 g/mol. The van der Waals surface area contributed by atoms with E-state index in [2.05, 4.69) is 20.8 Å². The largest absolute Gasteiger partial charge is 0.393 e. The molecule has 0 bridgehead atoms. The molecule has 1 aliphatic carbocycles. The minimum atomic E-state index is -0.00841. The third-order valence-corrected chi connectivity index (χ3v) is 3.74. The van der Waals surface area contributed by atoms with Gasteiger partial charge in [-0.3, -0.25) is 0 Å². The Balaban J connectivity index is 2.24. The Morgan fingerprint density at radius 1 is 1.29 bits per heavy atom. The Morgan fingerprint density at radius 2 is 2.00 bits per heavy atom. The molecule has 0 saturated heterocycles. The van der Waals surface area contributed by atoms with Crippen LogP contribution in [0.1, 0.15) is 59.3 Å². The molecule has 0 spiro atoms. The molecule has 1 N–H and O–H groups in total. The van der Waals surface area contributed by atoms with E-state index in [-0.39, 0.29) is 6.10 Å². The van der Waals surface area contributed by atoms with Gasteiger partial charge >= 0.3 is 0 Å². The second-order valence-corrected chi connectivity index (χ2v) is 5.39. The zero-order valence-corrected chi connectivity index (χ0v) is 10.00. The molecule has 1 saturated carbocycles. The lowest BCUT2D eigenvalue weighted by molar-refractivity contribution is 0.0397. The Kier molecular flexibility index (Phi) is 4.94. The van der Waals surface area contributed by atoms with Crippen molar-refractivity contribution in [1.82, 2.24) is 0 Å². The Bertz CT molecular complexity index is 153. The molecule has 0 radical (unpaired) electrons. The van der Waals surface area contributed by atoms with Crippen molar-refractivity contribution in [3.63, 3.8) is 0 Å². The minimum Gasteiger partial charge on any atom is -0.393 e. The van der Waals surface area contributed by atoms with Crippen LogP contribution in [0.25, 0.3) is 0 Å². The number of rotatable bonds is 4. The predicted molar refractivity (Wildman–Crippen MR) is 61.2 cm³/mol. The fourth-order valence-electron chi connectivity index (χ4n) is 2.60. The summed E-state index contributed by atoms with van der Waals surface area (Å²) in [7, 11) is 0. The molecule has 1 fully saturated rings. The first kappa shape index (κ1) is 12.0. The molecule has 14 heavy (non-hydrogen) atoms. The highest BCUT2D eigenvalue weighted by Gasteiger charge is 2.27. The van der Waals surface area contributed by atoms with E-state index in [1.54, 1.807) is 0 Å². The van der Waals surface area contributed by atoms with Gasteiger partial charge < -0.3 is 5.11 Å². The van der Waals surface area contributed by atoms with Crippen molar-refractivity contribution in [3.8, 4) is 0 Å². The molecule has 0 aromatic rings. The maximum Gasteiger partial charge on any atom is 0.0570 e. The third-order valence-electron chi connectivity index (χ3n) is 3.74. The highest BCUT2D eigenvalue weighted by molar-refractivity contribution is 4.79. The van der Waals surface area contributed by atoms with Crippen molar-refractivity contribution in [3.05, 3.63) is 0 Å². The van der Waals surface area contributed by atoms with Crippen LogP contribution >= 0.6 is 0 Å². The summed E-state index contributed by atoms with van der Waals surface area (Å²) in [5.74, 6) is 2.21. The Labute approximate surface area is 88.9 Å². The molecule has 1 rings (SSSR count). The molecule has 1 nitrogen and oxygen atoms in total. The topological polar surface area (TPSA) is 20.2 Å². The van der Waals surface area contributed by atoms with E-state index in [9.17, 15) is 5.11 Å². The number of hydrogen-bond acceptors (Lipinski definition) is 1. The first-order valence-corrected chi connectivity index (χ1v) is 6.31. The van der Waals surface area contributed by atoms with Crippen molar-refractivity contribution >= 4 is 0 Å². The van der Waals surface area contributed by atoms with Gasteiger partial charge in [-0.25, -0.2) is 0 Å². The normalized spacial score (nSPS) is 33.6. The van der Waals surface area contributed by atoms with Gasteiger partial charge in [0.15, 0.2) is 0 Å². The van der Waals surface area contributed by atoms with E-state index in [1.807, 2.05) is 0 Å². The van der Waals surface area contributed by atoms with Crippen molar-refractivity contribution in [1.29, 1.82) is 0 Å². The van der Waals surface area contributed by atoms with Gasteiger partial charge in [0.25, 0.3) is 0 Å². The van der Waals surface area contributed by atoms with E-state index in [1.165, 1.54) is 25.7 Å². The number of aliphatic hydroxyl groups excluding tert-OH is 1. The molecule has 0 aromatic carbocycles. The van der Waals surface area contributed by atoms with E-state index >= 15 is 0 Å². The van der Waals surface area contributed by atoms with Gasteiger partial charge in [0.2, 0.25) is 0 Å². The fourth-order valence-corrected chi connectivity index (χ4v) is 2.60. The maximum atomic E-state index is 9.90. The second-order valence-electron chi connectivity index (χ2n) is 5.39. The first-order valence-electron chi connectivity index (χ1n) is 6.31. The van der Waals surface area contributed by atoms with Crippen LogP contribution < -0.4 is 0 Å². The van der Waals surface area contributed by atoms with E-state index < -0.39 is 0 Å². The average Bonchev–Trinajstić information content (AvgIpc) is 2.15. The van der Waals surface area contributed by atoms with Crippen LogP contribution in [0.3, 0.4) is 0 Å². The summed E-state index contributed by atoms with van der Waals surface area (Å²) >= 11 is 0. The second kappa shape index (κ2) is 5.75. The fraction of sp³-hybridized carbons (Fsp3) is 1.00. The van der Waals surface area contributed by atoms with Gasteiger partial charge in [0, 0.05) is 0 Å². The van der Waals surface area contributed by atoms with Crippen molar-refractivity contribution in [2.45, 2.75) is 65.4 Å². The molecular weight excluding hydrogens is 172 g/mol. The highest BCUT2D eigenvalue weighted by Crippen LogP contribution is 2.33. The lowest BCUT2D eigenvalue weighted by Crippen LogP contribution is -2.29. The predicted octanol–water partition coefficient (Wildman–Crippen LogP) is 3.61. The van der Waals surface area contributed by atoms with Crippen LogP contribution in [0.5, 0.6) is 0 Å². The van der Waals surface area contributed by atoms with Crippen LogP contribution in [-0.2, 0) is 0 Å². The lowest BCUT2D eigenvalue weighted by Gasteiger charge is -2.32. The summed E-state index contributed by atoms with van der Waals surface area (Å²) in [6.45, 7) is 6.77. The Hall–Kier alpha value is -0.0400. The van der Waals surface area contributed by atoms with E-state index in [0.29, 0.717) is 5.92 Å². The molecule has 1 aliphatic rings. The lowest BCUT2D eigenvalue weighted by atomic mass is 9.76.